The van der Waals surface area contributed by atoms with Gasteiger partial charge in [0, 0.05) is 28.4 Å². The number of benzene rings is 1. The molecule has 0 aliphatic carbocycles. The zero-order valence-electron chi connectivity index (χ0n) is 8.85. The van der Waals surface area contributed by atoms with Crippen molar-refractivity contribution >= 4 is 23.4 Å². The molecule has 0 amide bonds. The second-order valence-electron chi connectivity index (χ2n) is 3.28. The van der Waals surface area contributed by atoms with Crippen molar-refractivity contribution in [3.63, 3.8) is 0 Å². The molecule has 0 unspecified atom stereocenters. The first kappa shape index (κ1) is 11.4. The first-order chi connectivity index (χ1) is 7.83. The van der Waals surface area contributed by atoms with Crippen molar-refractivity contribution < 1.29 is 0 Å². The van der Waals surface area contributed by atoms with Gasteiger partial charge in [0.25, 0.3) is 0 Å². The summed E-state index contributed by atoms with van der Waals surface area (Å²) in [7, 11) is 0. The first-order valence-electron chi connectivity index (χ1n) is 4.85. The lowest BCUT2D eigenvalue weighted by Crippen LogP contribution is -1.90. The molecule has 0 atom stereocenters. The average Bonchev–Trinajstić information content (AvgIpc) is 2.39. The maximum absolute atomic E-state index is 5.68. The smallest absolute Gasteiger partial charge is 0.159 e. The third-order valence-corrected chi connectivity index (χ3v) is 3.26. The number of aromatic nitrogens is 2. The second kappa shape index (κ2) is 5.32. The van der Waals surface area contributed by atoms with Crippen molar-refractivity contribution in [3.05, 3.63) is 42.2 Å². The largest absolute Gasteiger partial charge is 0.236 e. The highest BCUT2D eigenvalue weighted by Gasteiger charge is 2.01. The molecule has 82 valence electrons. The molecule has 2 aromatic rings. The molecule has 0 saturated carbocycles. The van der Waals surface area contributed by atoms with Crippen LogP contribution < -0.4 is 0 Å². The molecule has 0 saturated heterocycles. The van der Waals surface area contributed by atoms with Crippen LogP contribution in [-0.4, -0.2) is 16.2 Å². The van der Waals surface area contributed by atoms with Gasteiger partial charge in [0.15, 0.2) is 5.82 Å². The Bertz CT molecular complexity index is 408. The van der Waals surface area contributed by atoms with Gasteiger partial charge in [-0.05, 0) is 18.4 Å². The molecule has 2 rings (SSSR count). The summed E-state index contributed by atoms with van der Waals surface area (Å²) in [6.07, 6.45) is 5.58. The van der Waals surface area contributed by atoms with Crippen LogP contribution in [0.2, 0.25) is 0 Å². The van der Waals surface area contributed by atoms with Crippen LogP contribution in [0.25, 0.3) is 11.4 Å². The molecule has 0 spiro atoms. The van der Waals surface area contributed by atoms with E-state index in [0.29, 0.717) is 5.88 Å². The summed E-state index contributed by atoms with van der Waals surface area (Å²) >= 11 is 7.40. The number of hydrogen-bond acceptors (Lipinski definition) is 3. The molecule has 2 nitrogen and oxygen atoms in total. The van der Waals surface area contributed by atoms with E-state index in [0.717, 1.165) is 17.0 Å². The molecule has 0 fully saturated rings. The van der Waals surface area contributed by atoms with Crippen LogP contribution in [0.15, 0.2) is 41.6 Å². The Morgan fingerprint density at radius 1 is 1.12 bits per heavy atom. The van der Waals surface area contributed by atoms with Crippen LogP contribution in [0, 0.1) is 0 Å². The predicted molar refractivity (Wildman–Crippen MR) is 68.8 cm³/mol. The van der Waals surface area contributed by atoms with E-state index in [1.807, 2.05) is 12.1 Å². The van der Waals surface area contributed by atoms with Crippen molar-refractivity contribution in [2.75, 3.05) is 6.26 Å². The molecule has 16 heavy (non-hydrogen) atoms. The minimum absolute atomic E-state index is 0.450. The first-order valence-corrected chi connectivity index (χ1v) is 6.60. The van der Waals surface area contributed by atoms with Gasteiger partial charge < -0.3 is 0 Å². The minimum Gasteiger partial charge on any atom is -0.236 e. The third-order valence-electron chi connectivity index (χ3n) is 2.21. The number of alkyl halides is 1. The molecule has 0 aliphatic rings. The molecule has 0 N–H and O–H groups in total. The normalized spacial score (nSPS) is 10.4. The molecule has 0 aliphatic heterocycles. The Labute approximate surface area is 104 Å². The summed E-state index contributed by atoms with van der Waals surface area (Å²) in [4.78, 5) is 9.78. The topological polar surface area (TPSA) is 25.8 Å². The predicted octanol–water partition coefficient (Wildman–Crippen LogP) is 3.60. The number of rotatable bonds is 3. The SMILES string of the molecule is CSc1ccc(-c2ncc(CCl)cn2)cc1. The molecule has 0 bridgehead atoms. The Kier molecular flexibility index (Phi) is 3.80. The Hall–Kier alpha value is -1.06. The van der Waals surface area contributed by atoms with E-state index in [9.17, 15) is 0 Å². The zero-order valence-corrected chi connectivity index (χ0v) is 10.4. The lowest BCUT2D eigenvalue weighted by Gasteiger charge is -2.01. The zero-order chi connectivity index (χ0) is 11.4. The van der Waals surface area contributed by atoms with Crippen molar-refractivity contribution in [3.8, 4) is 11.4 Å². The molecule has 0 radical (unpaired) electrons. The maximum atomic E-state index is 5.68. The number of halogens is 1. The second-order valence-corrected chi connectivity index (χ2v) is 4.42. The standard InChI is InChI=1S/C12H11ClN2S/c1-16-11-4-2-10(3-5-11)12-14-7-9(6-13)8-15-12/h2-5,7-8H,6H2,1H3. The van der Waals surface area contributed by atoms with Gasteiger partial charge in [-0.15, -0.1) is 23.4 Å². The molecular formula is C12H11ClN2S. The average molecular weight is 251 g/mol. The van der Waals surface area contributed by atoms with Gasteiger partial charge >= 0.3 is 0 Å². The summed E-state index contributed by atoms with van der Waals surface area (Å²) in [5.74, 6) is 1.19. The van der Waals surface area contributed by atoms with E-state index in [-0.39, 0.29) is 0 Å². The van der Waals surface area contributed by atoms with Crippen molar-refractivity contribution in [2.45, 2.75) is 10.8 Å². The van der Waals surface area contributed by atoms with Gasteiger partial charge in [-0.3, -0.25) is 0 Å². The summed E-state index contributed by atoms with van der Waals surface area (Å²) in [5, 5.41) is 0. The lowest BCUT2D eigenvalue weighted by atomic mass is 10.2. The molecule has 1 aromatic carbocycles. The maximum Gasteiger partial charge on any atom is 0.159 e. The van der Waals surface area contributed by atoms with Gasteiger partial charge in [-0.2, -0.15) is 0 Å². The quantitative estimate of drug-likeness (QED) is 0.615. The number of hydrogen-bond donors (Lipinski definition) is 0. The fourth-order valence-corrected chi connectivity index (χ4v) is 1.86. The monoisotopic (exact) mass is 250 g/mol. The Morgan fingerprint density at radius 2 is 1.75 bits per heavy atom. The number of nitrogens with zero attached hydrogens (tertiary/aromatic N) is 2. The highest BCUT2D eigenvalue weighted by Crippen LogP contribution is 2.20. The van der Waals surface area contributed by atoms with Crippen molar-refractivity contribution in [2.24, 2.45) is 0 Å². The highest BCUT2D eigenvalue weighted by molar-refractivity contribution is 7.98. The molecule has 4 heteroatoms. The van der Waals surface area contributed by atoms with Crippen LogP contribution in [0.5, 0.6) is 0 Å². The fraction of sp³-hybridized carbons (Fsp3) is 0.167. The van der Waals surface area contributed by atoms with E-state index in [1.54, 1.807) is 24.2 Å². The van der Waals surface area contributed by atoms with Crippen LogP contribution in [0.3, 0.4) is 0 Å². The summed E-state index contributed by atoms with van der Waals surface area (Å²) < 4.78 is 0. The summed E-state index contributed by atoms with van der Waals surface area (Å²) in [5.41, 5.74) is 1.96. The minimum atomic E-state index is 0.450. The van der Waals surface area contributed by atoms with E-state index < -0.39 is 0 Å². The van der Waals surface area contributed by atoms with Crippen LogP contribution in [0.1, 0.15) is 5.56 Å². The third kappa shape index (κ3) is 2.54. The van der Waals surface area contributed by atoms with Crippen molar-refractivity contribution in [1.29, 1.82) is 0 Å². The Balaban J connectivity index is 2.28. The van der Waals surface area contributed by atoms with E-state index in [2.05, 4.69) is 28.4 Å². The Morgan fingerprint density at radius 3 is 2.25 bits per heavy atom. The molecule has 1 aromatic heterocycles. The van der Waals surface area contributed by atoms with E-state index in [4.69, 9.17) is 11.6 Å². The summed E-state index contributed by atoms with van der Waals surface area (Å²) in [6, 6.07) is 8.20. The van der Waals surface area contributed by atoms with Crippen LogP contribution >= 0.6 is 23.4 Å². The van der Waals surface area contributed by atoms with Gasteiger partial charge in [0.05, 0.1) is 5.88 Å². The van der Waals surface area contributed by atoms with E-state index >= 15 is 0 Å². The van der Waals surface area contributed by atoms with Crippen LogP contribution in [0.4, 0.5) is 0 Å². The van der Waals surface area contributed by atoms with Gasteiger partial charge in [0.2, 0.25) is 0 Å². The van der Waals surface area contributed by atoms with E-state index in [1.165, 1.54) is 4.90 Å². The lowest BCUT2D eigenvalue weighted by molar-refractivity contribution is 1.12. The van der Waals surface area contributed by atoms with Crippen LogP contribution in [-0.2, 0) is 5.88 Å². The van der Waals surface area contributed by atoms with Gasteiger partial charge in [-0.25, -0.2) is 9.97 Å². The molecule has 1 heterocycles. The van der Waals surface area contributed by atoms with Crippen molar-refractivity contribution in [1.82, 2.24) is 9.97 Å². The summed E-state index contributed by atoms with van der Waals surface area (Å²) in [6.45, 7) is 0. The highest BCUT2D eigenvalue weighted by atomic mass is 35.5. The van der Waals surface area contributed by atoms with Gasteiger partial charge in [-0.1, -0.05) is 12.1 Å². The fourth-order valence-electron chi connectivity index (χ4n) is 1.31. The molecular weight excluding hydrogens is 240 g/mol. The number of thioether (sulfide) groups is 1. The van der Waals surface area contributed by atoms with Gasteiger partial charge in [0.1, 0.15) is 0 Å².